The van der Waals surface area contributed by atoms with Gasteiger partial charge < -0.3 is 14.8 Å². The fourth-order valence-electron chi connectivity index (χ4n) is 4.03. The minimum atomic E-state index is -0.123. The molecular formula is C24H26N4O2. The molecular weight excluding hydrogens is 376 g/mol. The lowest BCUT2D eigenvalue weighted by atomic mass is 9.95. The second-order valence-electron chi connectivity index (χ2n) is 7.60. The van der Waals surface area contributed by atoms with Gasteiger partial charge in [-0.15, -0.1) is 0 Å². The summed E-state index contributed by atoms with van der Waals surface area (Å²) in [6.07, 6.45) is 5.84. The van der Waals surface area contributed by atoms with Crippen LogP contribution in [0.25, 0.3) is 0 Å². The molecule has 4 rings (SSSR count). The Morgan fingerprint density at radius 1 is 1.03 bits per heavy atom. The normalized spacial score (nSPS) is 15.5. The number of benzene rings is 1. The van der Waals surface area contributed by atoms with Crippen LogP contribution in [0.4, 0.5) is 0 Å². The van der Waals surface area contributed by atoms with Crippen molar-refractivity contribution in [3.8, 4) is 0 Å². The highest BCUT2D eigenvalue weighted by atomic mass is 16.2. The summed E-state index contributed by atoms with van der Waals surface area (Å²) in [6, 6.07) is 15.9. The quantitative estimate of drug-likeness (QED) is 0.688. The molecule has 1 N–H and O–H groups in total. The van der Waals surface area contributed by atoms with Crippen molar-refractivity contribution < 1.29 is 9.59 Å². The van der Waals surface area contributed by atoms with Crippen LogP contribution in [0.15, 0.2) is 67.1 Å². The van der Waals surface area contributed by atoms with Crippen LogP contribution in [0.1, 0.15) is 41.3 Å². The largest absolute Gasteiger partial charge is 0.352 e. The molecule has 0 radical (unpaired) electrons. The zero-order valence-corrected chi connectivity index (χ0v) is 17.1. The molecule has 1 aliphatic rings. The fraction of sp³-hybridized carbons (Fsp3) is 0.292. The molecule has 1 aliphatic heterocycles. The predicted molar refractivity (Wildman–Crippen MR) is 114 cm³/mol. The standard InChI is InChI=1S/C24H26N4O2/c1-18-5-2-3-6-20(18)24-21-7-4-14-27(21)15-16-28(24)23(30)9-8-22(29)26-17-19-10-12-25-13-11-19/h2-7,10-14,24H,8-9,15-17H2,1H3,(H,26,29). The third kappa shape index (κ3) is 4.27. The number of hydrogen-bond acceptors (Lipinski definition) is 3. The highest BCUT2D eigenvalue weighted by Crippen LogP contribution is 2.34. The predicted octanol–water partition coefficient (Wildman–Crippen LogP) is 3.22. The molecule has 0 fully saturated rings. The van der Waals surface area contributed by atoms with E-state index in [9.17, 15) is 9.59 Å². The Morgan fingerprint density at radius 3 is 2.63 bits per heavy atom. The molecule has 0 spiro atoms. The van der Waals surface area contributed by atoms with Crippen molar-refractivity contribution in [2.24, 2.45) is 0 Å². The number of carbonyl (C=O) groups is 2. The molecule has 3 aromatic rings. The van der Waals surface area contributed by atoms with Crippen molar-refractivity contribution in [1.29, 1.82) is 0 Å². The maximum Gasteiger partial charge on any atom is 0.223 e. The molecule has 6 nitrogen and oxygen atoms in total. The molecule has 3 heterocycles. The van der Waals surface area contributed by atoms with Crippen molar-refractivity contribution in [3.63, 3.8) is 0 Å². The van der Waals surface area contributed by atoms with Gasteiger partial charge in [0.1, 0.15) is 0 Å². The van der Waals surface area contributed by atoms with E-state index >= 15 is 0 Å². The maximum atomic E-state index is 13.1. The van der Waals surface area contributed by atoms with E-state index in [0.29, 0.717) is 13.1 Å². The zero-order chi connectivity index (χ0) is 20.9. The average molecular weight is 402 g/mol. The molecule has 2 amide bonds. The van der Waals surface area contributed by atoms with E-state index in [1.165, 1.54) is 0 Å². The molecule has 154 valence electrons. The van der Waals surface area contributed by atoms with Gasteiger partial charge in [-0.3, -0.25) is 14.6 Å². The van der Waals surface area contributed by atoms with E-state index in [1.54, 1.807) is 12.4 Å². The third-order valence-electron chi connectivity index (χ3n) is 5.65. The second-order valence-corrected chi connectivity index (χ2v) is 7.60. The number of aromatic nitrogens is 2. The van der Waals surface area contributed by atoms with Crippen LogP contribution in [0.2, 0.25) is 0 Å². The smallest absolute Gasteiger partial charge is 0.223 e. The number of carbonyl (C=O) groups excluding carboxylic acids is 2. The molecule has 2 aromatic heterocycles. The average Bonchev–Trinajstić information content (AvgIpc) is 3.25. The van der Waals surface area contributed by atoms with Gasteiger partial charge >= 0.3 is 0 Å². The number of nitrogens with one attached hydrogen (secondary N) is 1. The first-order valence-electron chi connectivity index (χ1n) is 10.3. The van der Waals surface area contributed by atoms with Crippen LogP contribution in [0, 0.1) is 6.92 Å². The van der Waals surface area contributed by atoms with Gasteiger partial charge in [-0.25, -0.2) is 0 Å². The number of aryl methyl sites for hydroxylation is 1. The maximum absolute atomic E-state index is 13.1. The fourth-order valence-corrected chi connectivity index (χ4v) is 4.03. The van der Waals surface area contributed by atoms with Crippen molar-refractivity contribution in [2.45, 2.75) is 38.9 Å². The number of rotatable bonds is 6. The summed E-state index contributed by atoms with van der Waals surface area (Å²) in [5, 5.41) is 2.88. The van der Waals surface area contributed by atoms with Crippen molar-refractivity contribution >= 4 is 11.8 Å². The van der Waals surface area contributed by atoms with E-state index < -0.39 is 0 Å². The molecule has 1 unspecified atom stereocenters. The molecule has 30 heavy (non-hydrogen) atoms. The van der Waals surface area contributed by atoms with Crippen LogP contribution in [0.5, 0.6) is 0 Å². The Labute approximate surface area is 176 Å². The van der Waals surface area contributed by atoms with Gasteiger partial charge in [-0.05, 0) is 47.9 Å². The first-order valence-corrected chi connectivity index (χ1v) is 10.3. The van der Waals surface area contributed by atoms with Crippen LogP contribution in [0.3, 0.4) is 0 Å². The van der Waals surface area contributed by atoms with Gasteiger partial charge in [0, 0.05) is 56.8 Å². The molecule has 1 aromatic carbocycles. The van der Waals surface area contributed by atoms with Crippen molar-refractivity contribution in [1.82, 2.24) is 19.8 Å². The highest BCUT2D eigenvalue weighted by molar-refractivity contribution is 5.84. The Hall–Kier alpha value is -3.41. The summed E-state index contributed by atoms with van der Waals surface area (Å²) in [5.41, 5.74) is 4.39. The molecule has 0 saturated carbocycles. The van der Waals surface area contributed by atoms with Gasteiger partial charge in [-0.2, -0.15) is 0 Å². The lowest BCUT2D eigenvalue weighted by molar-refractivity contribution is -0.136. The van der Waals surface area contributed by atoms with E-state index in [0.717, 1.165) is 28.9 Å². The Balaban J connectivity index is 1.43. The first-order chi connectivity index (χ1) is 14.6. The summed E-state index contributed by atoms with van der Waals surface area (Å²) in [5.74, 6) is -0.109. The molecule has 6 heteroatoms. The Kier molecular flexibility index (Phi) is 5.93. The van der Waals surface area contributed by atoms with Crippen molar-refractivity contribution in [3.05, 3.63) is 89.5 Å². The lowest BCUT2D eigenvalue weighted by Gasteiger charge is -2.38. The lowest BCUT2D eigenvalue weighted by Crippen LogP contribution is -2.43. The second kappa shape index (κ2) is 8.95. The Bertz CT molecular complexity index is 1030. The summed E-state index contributed by atoms with van der Waals surface area (Å²) < 4.78 is 2.21. The number of pyridine rings is 1. The van der Waals surface area contributed by atoms with Crippen LogP contribution < -0.4 is 5.32 Å². The number of fused-ring (bicyclic) bond motifs is 1. The molecule has 0 aliphatic carbocycles. The molecule has 0 bridgehead atoms. The SMILES string of the molecule is Cc1ccccc1C1c2cccn2CCN1C(=O)CCC(=O)NCc1ccncc1. The zero-order valence-electron chi connectivity index (χ0n) is 17.1. The van der Waals surface area contributed by atoms with Crippen LogP contribution >= 0.6 is 0 Å². The van der Waals surface area contributed by atoms with Gasteiger partial charge in [0.2, 0.25) is 11.8 Å². The highest BCUT2D eigenvalue weighted by Gasteiger charge is 2.32. The summed E-state index contributed by atoms with van der Waals surface area (Å²) in [6.45, 7) is 3.92. The van der Waals surface area contributed by atoms with Gasteiger partial charge in [0.25, 0.3) is 0 Å². The van der Waals surface area contributed by atoms with E-state index in [4.69, 9.17) is 0 Å². The van der Waals surface area contributed by atoms with Crippen molar-refractivity contribution in [2.75, 3.05) is 6.54 Å². The monoisotopic (exact) mass is 402 g/mol. The Morgan fingerprint density at radius 2 is 1.83 bits per heavy atom. The minimum absolute atomic E-state index is 0.00904. The van der Waals surface area contributed by atoms with E-state index in [-0.39, 0.29) is 30.7 Å². The van der Waals surface area contributed by atoms with E-state index in [1.807, 2.05) is 35.2 Å². The minimum Gasteiger partial charge on any atom is -0.352 e. The van der Waals surface area contributed by atoms with Crippen LogP contribution in [-0.4, -0.2) is 32.8 Å². The number of hydrogen-bond donors (Lipinski definition) is 1. The third-order valence-corrected chi connectivity index (χ3v) is 5.65. The van der Waals surface area contributed by atoms with Gasteiger partial charge in [0.05, 0.1) is 6.04 Å². The first kappa shape index (κ1) is 19.9. The van der Waals surface area contributed by atoms with E-state index in [2.05, 4.69) is 46.2 Å². The van der Waals surface area contributed by atoms with Gasteiger partial charge in [-0.1, -0.05) is 24.3 Å². The molecule has 0 saturated heterocycles. The number of nitrogens with zero attached hydrogens (tertiary/aromatic N) is 3. The van der Waals surface area contributed by atoms with Gasteiger partial charge in [0.15, 0.2) is 0 Å². The summed E-state index contributed by atoms with van der Waals surface area (Å²) in [7, 11) is 0. The molecule has 1 atom stereocenters. The topological polar surface area (TPSA) is 67.2 Å². The van der Waals surface area contributed by atoms with Crippen LogP contribution in [-0.2, 0) is 22.7 Å². The summed E-state index contributed by atoms with van der Waals surface area (Å²) >= 11 is 0. The summed E-state index contributed by atoms with van der Waals surface area (Å²) in [4.78, 5) is 31.3. The number of amides is 2.